The lowest BCUT2D eigenvalue weighted by atomic mass is 9.85. The number of likely N-dealkylation sites (tertiary alicyclic amines) is 1. The van der Waals surface area contributed by atoms with Gasteiger partial charge in [0.15, 0.2) is 11.6 Å². The molecule has 76 heavy (non-hydrogen) atoms. The van der Waals surface area contributed by atoms with Crippen LogP contribution in [0.15, 0.2) is 100 Å². The largest absolute Gasteiger partial charge is 0.494 e. The van der Waals surface area contributed by atoms with Crippen molar-refractivity contribution >= 4 is 51.9 Å². The number of amides is 3. The van der Waals surface area contributed by atoms with Crippen LogP contribution >= 0.6 is 11.3 Å². The van der Waals surface area contributed by atoms with Gasteiger partial charge in [-0.3, -0.25) is 28.7 Å². The number of Topliss-reactive ketones (excluding diaryl/α,β-unsaturated/α-hetero) is 1. The number of anilines is 1. The first kappa shape index (κ1) is 55.6. The highest BCUT2D eigenvalue weighted by Crippen LogP contribution is 2.43. The molecular formula is C59H72N8O8S. The highest BCUT2D eigenvalue weighted by atomic mass is 32.1. The molecule has 0 bridgehead atoms. The summed E-state index contributed by atoms with van der Waals surface area (Å²) >= 11 is 1.59. The van der Waals surface area contributed by atoms with Crippen molar-refractivity contribution in [2.24, 2.45) is 10.4 Å². The second-order valence-electron chi connectivity index (χ2n) is 21.1. The molecule has 4 heterocycles. The molecular weight excluding hydrogens is 981 g/mol. The number of nitrogens with zero attached hydrogens (tertiary/aromatic N) is 6. The van der Waals surface area contributed by atoms with E-state index in [1.807, 2.05) is 81.7 Å². The molecule has 2 unspecified atom stereocenters. The zero-order valence-electron chi connectivity index (χ0n) is 45.1. The fraction of sp³-hybridized carbons (Fsp3) is 0.458. The van der Waals surface area contributed by atoms with Crippen LogP contribution in [0.1, 0.15) is 120 Å². The van der Waals surface area contributed by atoms with Gasteiger partial charge in [-0.25, -0.2) is 4.98 Å². The number of thiazole rings is 1. The summed E-state index contributed by atoms with van der Waals surface area (Å²) in [7, 11) is 0. The number of allylic oxidation sites excluding steroid dienone is 4. The molecule has 3 amide bonds. The van der Waals surface area contributed by atoms with E-state index in [2.05, 4.69) is 82.3 Å². The highest BCUT2D eigenvalue weighted by molar-refractivity contribution is 7.13. The topological polar surface area (TPSA) is 199 Å². The number of hydrogen-bond acceptors (Lipinski definition) is 13. The number of ketones is 1. The first-order valence-electron chi connectivity index (χ1n) is 26.5. The van der Waals surface area contributed by atoms with Gasteiger partial charge in [0, 0.05) is 81.0 Å². The molecule has 3 aromatic carbocycles. The number of rotatable bonds is 23. The SMILES string of the molecule is CCc1nnc2n1C1=C(C(c3ccc(C)cc3)=NC2CC(=O)Nc2ccc(OCCCOCCCOCC(=O)N[C@H](C(=O)N3CC(O)C[C@H]3C(=O)CCc3ccc(-c4scnc4C)cc3)C(C)(C)C)cc2)C(C)=C(C)C1. The Labute approximate surface area is 450 Å². The van der Waals surface area contributed by atoms with Crippen molar-refractivity contribution in [3.8, 4) is 16.2 Å². The van der Waals surface area contributed by atoms with Crippen molar-refractivity contribution in [2.45, 2.75) is 131 Å². The number of benzene rings is 3. The van der Waals surface area contributed by atoms with Crippen molar-refractivity contribution in [1.29, 1.82) is 0 Å². The van der Waals surface area contributed by atoms with Gasteiger partial charge in [-0.15, -0.1) is 21.5 Å². The normalized spacial score (nSPS) is 17.8. The van der Waals surface area contributed by atoms with Crippen molar-refractivity contribution in [3.63, 3.8) is 0 Å². The van der Waals surface area contributed by atoms with Gasteiger partial charge in [-0.1, -0.05) is 87.4 Å². The molecule has 8 rings (SSSR count). The number of aliphatic hydroxyl groups excluding tert-OH is 1. The van der Waals surface area contributed by atoms with Gasteiger partial charge in [0.2, 0.25) is 17.7 Å². The van der Waals surface area contributed by atoms with Gasteiger partial charge in [0.25, 0.3) is 0 Å². The fourth-order valence-electron chi connectivity index (χ4n) is 9.94. The van der Waals surface area contributed by atoms with Crippen LogP contribution in [0, 0.1) is 19.3 Å². The number of nitrogens with one attached hydrogen (secondary N) is 2. The van der Waals surface area contributed by atoms with Gasteiger partial charge in [-0.2, -0.15) is 0 Å². The summed E-state index contributed by atoms with van der Waals surface area (Å²) in [6.07, 6.45) is 2.82. The van der Waals surface area contributed by atoms with E-state index in [4.69, 9.17) is 19.2 Å². The van der Waals surface area contributed by atoms with E-state index in [-0.39, 0.29) is 50.7 Å². The highest BCUT2D eigenvalue weighted by Gasteiger charge is 2.44. The number of carbonyl (C=O) groups is 4. The first-order chi connectivity index (χ1) is 36.5. The van der Waals surface area contributed by atoms with Crippen molar-refractivity contribution in [1.82, 2.24) is 30.0 Å². The van der Waals surface area contributed by atoms with Crippen molar-refractivity contribution in [3.05, 3.63) is 129 Å². The smallest absolute Gasteiger partial charge is 0.246 e. The van der Waals surface area contributed by atoms with Gasteiger partial charge in [-0.05, 0) is 86.9 Å². The average molecular weight is 1050 g/mol. The number of aliphatic hydroxyl groups is 1. The van der Waals surface area contributed by atoms with Crippen LogP contribution in [-0.4, -0.2) is 117 Å². The van der Waals surface area contributed by atoms with E-state index in [0.717, 1.165) is 62.1 Å². The molecule has 16 nitrogen and oxygen atoms in total. The van der Waals surface area contributed by atoms with E-state index >= 15 is 0 Å². The Morgan fingerprint density at radius 3 is 2.24 bits per heavy atom. The first-order valence-corrected chi connectivity index (χ1v) is 27.3. The Morgan fingerprint density at radius 2 is 1.55 bits per heavy atom. The zero-order chi connectivity index (χ0) is 54.1. The van der Waals surface area contributed by atoms with Crippen LogP contribution in [0.3, 0.4) is 0 Å². The standard InChI is InChI=1S/C59H72N8O8S/c1-9-50-64-65-57-46(62-54(41-17-12-36(2)13-18-41)53-38(4)37(3)30-48(53)67(50)57)32-51(70)61-43-21-23-45(24-22-43)75-29-11-27-73-26-10-28-74-34-52(71)63-56(59(6,7)8)58(72)66-33-44(68)31-47(66)49(69)25-16-40-14-19-42(20-15-40)55-39(5)60-35-76-55/h12-15,17-24,35,44,46-47,56,68H,9-11,16,25-34H2,1-8H3,(H,61,70)(H,63,71)/t44?,46?,47-,56+/m0/s1. The Hall–Kier alpha value is -6.66. The van der Waals surface area contributed by atoms with Crippen LogP contribution in [0.2, 0.25) is 0 Å². The lowest BCUT2D eigenvalue weighted by Crippen LogP contribution is -2.57. The third kappa shape index (κ3) is 13.5. The number of carbonyl (C=O) groups excluding carboxylic acids is 4. The van der Waals surface area contributed by atoms with Gasteiger partial charge in [0.1, 0.15) is 30.3 Å². The summed E-state index contributed by atoms with van der Waals surface area (Å²) in [4.78, 5) is 66.5. The Balaban J connectivity index is 0.726. The second-order valence-corrected chi connectivity index (χ2v) is 22.0. The molecule has 3 aliphatic rings. The Bertz CT molecular complexity index is 2970. The van der Waals surface area contributed by atoms with Gasteiger partial charge < -0.3 is 34.9 Å². The molecule has 1 fully saturated rings. The number of aliphatic imine (C=N–C) groups is 1. The summed E-state index contributed by atoms with van der Waals surface area (Å²) in [6, 6.07) is 21.5. The maximum atomic E-state index is 14.0. The molecule has 0 spiro atoms. The molecule has 17 heteroatoms. The summed E-state index contributed by atoms with van der Waals surface area (Å²) in [5.74, 6) is 1.04. The molecule has 2 aliphatic heterocycles. The lowest BCUT2D eigenvalue weighted by molar-refractivity contribution is -0.144. The Morgan fingerprint density at radius 1 is 0.855 bits per heavy atom. The monoisotopic (exact) mass is 1050 g/mol. The maximum Gasteiger partial charge on any atom is 0.246 e. The molecule has 3 N–H and O–H groups in total. The minimum atomic E-state index is -0.933. The molecule has 5 aromatic rings. The maximum absolute atomic E-state index is 14.0. The van der Waals surface area contributed by atoms with E-state index in [1.54, 1.807) is 11.3 Å². The third-order valence-corrected chi connectivity index (χ3v) is 15.2. The Kier molecular flexibility index (Phi) is 18.3. The number of fused-ring (bicyclic) bond motifs is 2. The van der Waals surface area contributed by atoms with Crippen LogP contribution in [0.5, 0.6) is 5.75 Å². The molecule has 0 radical (unpaired) electrons. The van der Waals surface area contributed by atoms with E-state index in [1.165, 1.54) is 16.0 Å². The number of hydrogen-bond donors (Lipinski definition) is 3. The molecule has 0 saturated carbocycles. The van der Waals surface area contributed by atoms with Crippen molar-refractivity contribution in [2.75, 3.05) is 44.9 Å². The van der Waals surface area contributed by atoms with Crippen LogP contribution < -0.4 is 15.4 Å². The lowest BCUT2D eigenvalue weighted by Gasteiger charge is -2.35. The van der Waals surface area contributed by atoms with Gasteiger partial charge in [0.05, 0.1) is 47.0 Å². The predicted molar refractivity (Wildman–Crippen MR) is 295 cm³/mol. The molecule has 1 aliphatic carbocycles. The number of aromatic nitrogens is 4. The minimum Gasteiger partial charge on any atom is -0.494 e. The number of ether oxygens (including phenoxy) is 3. The quantitative estimate of drug-likeness (QED) is 0.0528. The second kappa shape index (κ2) is 25.0. The van der Waals surface area contributed by atoms with Crippen LogP contribution in [0.4, 0.5) is 5.69 Å². The van der Waals surface area contributed by atoms with Crippen LogP contribution in [-0.2, 0) is 41.5 Å². The summed E-state index contributed by atoms with van der Waals surface area (Å²) < 4.78 is 19.5. The van der Waals surface area contributed by atoms with Gasteiger partial charge >= 0.3 is 0 Å². The molecule has 402 valence electrons. The molecule has 4 atom stereocenters. The number of aryl methyl sites for hydroxylation is 4. The summed E-state index contributed by atoms with van der Waals surface area (Å²) in [5.41, 5.74) is 12.6. The average Bonchev–Trinajstić information content (AvgIpc) is 4.25. The molecule has 1 saturated heterocycles. The third-order valence-electron chi connectivity index (χ3n) is 14.2. The predicted octanol–water partition coefficient (Wildman–Crippen LogP) is 8.99. The summed E-state index contributed by atoms with van der Waals surface area (Å²) in [6.45, 7) is 17.4. The zero-order valence-corrected chi connectivity index (χ0v) is 45.9. The van der Waals surface area contributed by atoms with Crippen molar-refractivity contribution < 1.29 is 38.5 Å². The fourth-order valence-corrected chi connectivity index (χ4v) is 10.8. The number of β-amino-alcohol motifs (C(OH)–C–C–N with tert-alkyl or cyclic N) is 1. The van der Waals surface area contributed by atoms with Crippen LogP contribution in [0.25, 0.3) is 16.1 Å². The van der Waals surface area contributed by atoms with E-state index < -0.39 is 41.5 Å². The van der Waals surface area contributed by atoms with E-state index in [9.17, 15) is 24.3 Å². The summed E-state index contributed by atoms with van der Waals surface area (Å²) in [5, 5.41) is 25.7. The molecule has 2 aromatic heterocycles. The minimum absolute atomic E-state index is 0.0250. The van der Waals surface area contributed by atoms with E-state index in [0.29, 0.717) is 62.8 Å².